The summed E-state index contributed by atoms with van der Waals surface area (Å²) in [5, 5.41) is 92.7. The summed E-state index contributed by atoms with van der Waals surface area (Å²) in [4.78, 5) is 13.3. The van der Waals surface area contributed by atoms with Crippen LogP contribution in [0.2, 0.25) is 0 Å². The molecule has 0 radical (unpaired) electrons. The molecule has 0 spiro atoms. The third-order valence-electron chi connectivity index (χ3n) is 25.3. The van der Waals surface area contributed by atoms with Crippen LogP contribution in [0.4, 0.5) is 0 Å². The molecule has 1 unspecified atom stereocenters. The van der Waals surface area contributed by atoms with Crippen LogP contribution in [-0.2, 0) is 9.53 Å². The van der Waals surface area contributed by atoms with E-state index in [4.69, 9.17) is 4.74 Å². The van der Waals surface area contributed by atoms with E-state index in [0.29, 0.717) is 6.42 Å². The first-order valence-corrected chi connectivity index (χ1v) is 27.7. The molecule has 0 aliphatic rings. The van der Waals surface area contributed by atoms with Gasteiger partial charge >= 0.3 is 5.97 Å². The van der Waals surface area contributed by atoms with Gasteiger partial charge in [0.2, 0.25) is 0 Å². The predicted octanol–water partition coefficient (Wildman–Crippen LogP) is 20.0. The lowest BCUT2D eigenvalue weighted by atomic mass is 9.88. The maximum absolute atomic E-state index is 13.3. The Bertz CT molecular complexity index is 7070. The SMILES string of the molecule is COC(=O)CCCC(c1ccccc1)n1c2c3c4c5c6c7c8c9c%10c%11c%12c%13c9c9c7c5c5c7c9c%13c9c%13c%12c%12c%11c%11c%14c%10c8c8c%10c%14c%14c%11c%11c%12c%12c%13c%13c9c7c(c53)c3c%13c5c%12c%11c7c%14c9c%10c(c86)c4c2c9c7c5c31. The highest BCUT2D eigenvalue weighted by molar-refractivity contribution is 6.84. The number of ether oxygens (including phenoxy) is 1. The molecule has 0 N–H and O–H groups in total. The van der Waals surface area contributed by atoms with Gasteiger partial charge in [0, 0.05) is 319 Å². The summed E-state index contributed by atoms with van der Waals surface area (Å²) in [5.41, 5.74) is 4.28. The van der Waals surface area contributed by atoms with E-state index in [1.165, 1.54) is 38.1 Å². The third kappa shape index (κ3) is 1.77. The molecule has 3 heteroatoms. The van der Waals surface area contributed by atoms with Crippen LogP contribution in [-0.4, -0.2) is 17.6 Å². The van der Waals surface area contributed by atoms with Gasteiger partial charge in [-0.25, -0.2) is 0 Å². The van der Waals surface area contributed by atoms with E-state index in [2.05, 4.69) is 34.9 Å². The standard InChI is InChI=1S/C72H15NO2/c1-75-12(74)9-5-8-11(10-6-3-2-4-7-10)73-71-67-59-51-41-31-23-15-13-14-17-21-19(15)27-35-29(21)39-33-25(17)26-18(14)22-20-16(13)24(23)32-38-28(20)36-30(22)40-34(26)44-43(33)53-47(39)57-49(35)55(45(51)37(27)31)63(67)65(57)69-61(53)62-54(44)48(40)58-50(36)56-46(38)52(42(32)41)60(59)68(71)64(56)66(58)70(62)72(69)73/h2-4,6-7,11H,5,8-9H2,1H3. The largest absolute Gasteiger partial charge is 0.469 e. The smallest absolute Gasteiger partial charge is 0.305 e. The number of esters is 1. The maximum Gasteiger partial charge on any atom is 0.305 e. The normalized spacial score (nSPS) is 17.0. The predicted molar refractivity (Wildman–Crippen MR) is 318 cm³/mol. The van der Waals surface area contributed by atoms with Crippen LogP contribution in [0.1, 0.15) is 30.9 Å². The molecule has 31 aromatic carbocycles. The first-order valence-electron chi connectivity index (χ1n) is 27.7. The van der Waals surface area contributed by atoms with Gasteiger partial charge in [0.05, 0.1) is 24.2 Å². The highest BCUT2D eigenvalue weighted by atomic mass is 16.5. The molecule has 2 aromatic heterocycles. The lowest BCUT2D eigenvalue weighted by molar-refractivity contribution is -0.140. The van der Waals surface area contributed by atoms with E-state index in [1.807, 2.05) is 0 Å². The van der Waals surface area contributed by atoms with Gasteiger partial charge in [-0.15, -0.1) is 0 Å². The Morgan fingerprint density at radius 2 is 0.493 bits per heavy atom. The van der Waals surface area contributed by atoms with Crippen LogP contribution in [0.3, 0.4) is 0 Å². The summed E-state index contributed by atoms with van der Waals surface area (Å²) in [6, 6.07) is 11.5. The Hall–Kier alpha value is -9.31. The van der Waals surface area contributed by atoms with Crippen LogP contribution in [0.15, 0.2) is 30.3 Å². The highest BCUT2D eigenvalue weighted by Crippen LogP contribution is 2.80. The van der Waals surface area contributed by atoms with Crippen molar-refractivity contribution in [2.45, 2.75) is 25.3 Å². The van der Waals surface area contributed by atoms with Gasteiger partial charge in [-0.3, -0.25) is 4.79 Å². The molecule has 33 rings (SSSR count). The van der Waals surface area contributed by atoms with Gasteiger partial charge < -0.3 is 9.30 Å². The van der Waals surface area contributed by atoms with Crippen LogP contribution < -0.4 is 0 Å². The quantitative estimate of drug-likeness (QED) is 0.123. The summed E-state index contributed by atoms with van der Waals surface area (Å²) < 4.78 is 8.42. The van der Waals surface area contributed by atoms with Gasteiger partial charge in [0.25, 0.3) is 0 Å². The van der Waals surface area contributed by atoms with Gasteiger partial charge in [-0.2, -0.15) is 0 Å². The van der Waals surface area contributed by atoms with Gasteiger partial charge in [-0.05, 0) is 18.4 Å². The summed E-state index contributed by atoms with van der Waals surface area (Å²) in [6.45, 7) is 0. The van der Waals surface area contributed by atoms with Crippen LogP contribution in [0.25, 0.3) is 323 Å². The Morgan fingerprint density at radius 3 is 0.680 bits per heavy atom. The summed E-state index contributed by atoms with van der Waals surface area (Å²) >= 11 is 0. The fraction of sp³-hybridized carbons (Fsp3) is 0.0694. The minimum Gasteiger partial charge on any atom is -0.469 e. The van der Waals surface area contributed by atoms with Crippen molar-refractivity contribution in [3.05, 3.63) is 35.9 Å². The Labute approximate surface area is 409 Å². The summed E-state index contributed by atoms with van der Waals surface area (Å²) in [7, 11) is 1.56. The molecule has 320 valence electrons. The van der Waals surface area contributed by atoms with E-state index in [9.17, 15) is 4.79 Å². The van der Waals surface area contributed by atoms with E-state index >= 15 is 0 Å². The number of nitrogens with zero attached hydrogens (tertiary/aromatic N) is 1. The van der Waals surface area contributed by atoms with Crippen LogP contribution >= 0.6 is 0 Å². The monoisotopic (exact) mass is 925 g/mol. The number of hydrogen-bond acceptors (Lipinski definition) is 2. The maximum atomic E-state index is 13.3. The van der Waals surface area contributed by atoms with Crippen molar-refractivity contribution in [3.63, 3.8) is 0 Å². The second-order valence-electron chi connectivity index (χ2n) is 26.2. The average molecular weight is 926 g/mol. The first kappa shape index (κ1) is 29.4. The zero-order valence-electron chi connectivity index (χ0n) is 38.8. The Kier molecular flexibility index (Phi) is 2.80. The molecule has 0 saturated carbocycles. The molecule has 0 saturated heterocycles. The van der Waals surface area contributed by atoms with Crippen molar-refractivity contribution >= 4 is 329 Å². The zero-order chi connectivity index (χ0) is 45.3. The number of hydrogen-bond donors (Lipinski definition) is 0. The molecule has 1 atom stereocenters. The minimum absolute atomic E-state index is 0.0133. The minimum atomic E-state index is -0.115. The fourth-order valence-electron chi connectivity index (χ4n) is 24.5. The van der Waals surface area contributed by atoms with Crippen LogP contribution in [0.5, 0.6) is 0 Å². The number of methoxy groups -OCH3 is 1. The molecule has 0 aliphatic heterocycles. The first-order chi connectivity index (χ1) is 37.3. The number of benzene rings is 19. The van der Waals surface area contributed by atoms with E-state index < -0.39 is 0 Å². The van der Waals surface area contributed by atoms with Gasteiger partial charge in [0.15, 0.2) is 0 Å². The molecule has 0 amide bonds. The van der Waals surface area contributed by atoms with Crippen LogP contribution in [0, 0.1) is 0 Å². The van der Waals surface area contributed by atoms with E-state index in [-0.39, 0.29) is 12.0 Å². The van der Waals surface area contributed by atoms with Crippen molar-refractivity contribution in [1.82, 2.24) is 4.57 Å². The third-order valence-corrected chi connectivity index (χ3v) is 25.3. The number of rotatable bonds is 6. The molecule has 75 heavy (non-hydrogen) atoms. The summed E-state index contributed by atoms with van der Waals surface area (Å²) in [5.74, 6) is -0.115. The Balaban J connectivity index is 1.12. The summed E-state index contributed by atoms with van der Waals surface area (Å²) in [6.07, 6.45) is 2.01. The number of aromatic nitrogens is 1. The van der Waals surface area contributed by atoms with Gasteiger partial charge in [0.1, 0.15) is 0 Å². The topological polar surface area (TPSA) is 31.2 Å². The van der Waals surface area contributed by atoms with Crippen molar-refractivity contribution in [2.75, 3.05) is 7.11 Å². The second kappa shape index (κ2) is 7.14. The van der Waals surface area contributed by atoms with E-state index in [0.717, 1.165) is 12.8 Å². The molecular weight excluding hydrogens is 911 g/mol. The average Bonchev–Trinajstić information content (AvgIpc) is 3.53. The molecule has 33 aromatic rings. The highest BCUT2D eigenvalue weighted by Gasteiger charge is 2.51. The lowest BCUT2D eigenvalue weighted by Crippen LogP contribution is -2.12. The van der Waals surface area contributed by atoms with Crippen molar-refractivity contribution in [2.24, 2.45) is 0 Å². The molecule has 3 nitrogen and oxygen atoms in total. The van der Waals surface area contributed by atoms with Crippen molar-refractivity contribution in [1.29, 1.82) is 0 Å². The molecule has 0 aliphatic carbocycles. The lowest BCUT2D eigenvalue weighted by Gasteiger charge is -2.24. The molecule has 2 bridgehead atoms. The molecule has 0 fully saturated rings. The number of carbonyl (C=O) groups excluding carboxylic acids is 1. The second-order valence-corrected chi connectivity index (χ2v) is 26.2. The zero-order valence-corrected chi connectivity index (χ0v) is 38.8. The van der Waals surface area contributed by atoms with Crippen molar-refractivity contribution in [3.8, 4) is 0 Å². The van der Waals surface area contributed by atoms with Crippen molar-refractivity contribution < 1.29 is 9.53 Å². The number of carbonyl (C=O) groups is 1. The fourth-order valence-corrected chi connectivity index (χ4v) is 24.5. The van der Waals surface area contributed by atoms with Gasteiger partial charge in [-0.1, -0.05) is 30.3 Å². The molecule has 2 heterocycles. The molecular formula is C72H15NO2. The Morgan fingerprint density at radius 1 is 0.307 bits per heavy atom. The van der Waals surface area contributed by atoms with E-state index in [1.54, 1.807) is 298 Å².